The number of benzene rings is 1. The molecule has 0 N–H and O–H groups in total. The van der Waals surface area contributed by atoms with Gasteiger partial charge in [-0.15, -0.1) is 0 Å². The lowest BCUT2D eigenvalue weighted by molar-refractivity contribution is -0.134. The lowest BCUT2D eigenvalue weighted by atomic mass is 9.93. The first-order chi connectivity index (χ1) is 13.7. The van der Waals surface area contributed by atoms with Crippen molar-refractivity contribution in [1.82, 2.24) is 14.9 Å². The highest BCUT2D eigenvalue weighted by atomic mass is 16.5. The first-order valence-electron chi connectivity index (χ1n) is 9.50. The van der Waals surface area contributed by atoms with Gasteiger partial charge in [0.25, 0.3) is 5.91 Å². The van der Waals surface area contributed by atoms with Gasteiger partial charge in [-0.2, -0.15) is 0 Å². The summed E-state index contributed by atoms with van der Waals surface area (Å²) in [6, 6.07) is 15.4. The second kappa shape index (κ2) is 8.25. The van der Waals surface area contributed by atoms with E-state index in [-0.39, 0.29) is 12.5 Å². The lowest BCUT2D eigenvalue weighted by Gasteiger charge is -2.31. The molecular formula is C22H23N3O3. The SMILES string of the molecule is COc1ccccc1OCC(=O)N1CCC(c2ccc3cccnc3n2)CC1. The summed E-state index contributed by atoms with van der Waals surface area (Å²) in [5.41, 5.74) is 1.84. The van der Waals surface area contributed by atoms with E-state index >= 15 is 0 Å². The molecule has 6 nitrogen and oxygen atoms in total. The van der Waals surface area contributed by atoms with Crippen molar-refractivity contribution < 1.29 is 14.3 Å². The highest BCUT2D eigenvalue weighted by molar-refractivity contribution is 5.78. The molecule has 3 aromatic rings. The largest absolute Gasteiger partial charge is 0.493 e. The van der Waals surface area contributed by atoms with Gasteiger partial charge in [-0.05, 0) is 49.2 Å². The van der Waals surface area contributed by atoms with Crippen molar-refractivity contribution in [2.75, 3.05) is 26.8 Å². The molecule has 0 saturated carbocycles. The van der Waals surface area contributed by atoms with Gasteiger partial charge in [0.2, 0.25) is 0 Å². The maximum atomic E-state index is 12.5. The van der Waals surface area contributed by atoms with Crippen molar-refractivity contribution in [2.45, 2.75) is 18.8 Å². The highest BCUT2D eigenvalue weighted by Crippen LogP contribution is 2.29. The van der Waals surface area contributed by atoms with E-state index in [4.69, 9.17) is 14.5 Å². The van der Waals surface area contributed by atoms with Crippen molar-refractivity contribution in [2.24, 2.45) is 0 Å². The Morgan fingerprint density at radius 1 is 1.07 bits per heavy atom. The fraction of sp³-hybridized carbons (Fsp3) is 0.318. The van der Waals surface area contributed by atoms with Crippen LogP contribution in [0.5, 0.6) is 11.5 Å². The van der Waals surface area contributed by atoms with Crippen molar-refractivity contribution in [3.63, 3.8) is 0 Å². The number of para-hydroxylation sites is 2. The summed E-state index contributed by atoms with van der Waals surface area (Å²) in [6.45, 7) is 1.44. The average molecular weight is 377 g/mol. The Bertz CT molecular complexity index is 968. The van der Waals surface area contributed by atoms with Crippen LogP contribution in [0.2, 0.25) is 0 Å². The van der Waals surface area contributed by atoms with Crippen molar-refractivity contribution in [3.8, 4) is 11.5 Å². The number of rotatable bonds is 5. The van der Waals surface area contributed by atoms with Gasteiger partial charge in [0.15, 0.2) is 23.8 Å². The Kier molecular flexibility index (Phi) is 5.37. The maximum Gasteiger partial charge on any atom is 0.260 e. The van der Waals surface area contributed by atoms with E-state index in [0.29, 0.717) is 30.5 Å². The number of aromatic nitrogens is 2. The molecule has 144 valence electrons. The number of pyridine rings is 2. The van der Waals surface area contributed by atoms with Gasteiger partial charge in [0.05, 0.1) is 7.11 Å². The third-order valence-electron chi connectivity index (χ3n) is 5.17. The molecule has 0 bridgehead atoms. The molecule has 0 aliphatic carbocycles. The van der Waals surface area contributed by atoms with Gasteiger partial charge in [-0.25, -0.2) is 9.97 Å². The molecule has 1 aliphatic rings. The maximum absolute atomic E-state index is 12.5. The molecule has 1 aliphatic heterocycles. The minimum Gasteiger partial charge on any atom is -0.493 e. The number of ether oxygens (including phenoxy) is 2. The van der Waals surface area contributed by atoms with Gasteiger partial charge < -0.3 is 14.4 Å². The normalized spacial score (nSPS) is 14.8. The monoisotopic (exact) mass is 377 g/mol. The molecule has 28 heavy (non-hydrogen) atoms. The first kappa shape index (κ1) is 18.2. The number of piperidine rings is 1. The number of methoxy groups -OCH3 is 1. The van der Waals surface area contributed by atoms with Crippen LogP contribution in [0.1, 0.15) is 24.5 Å². The third kappa shape index (κ3) is 3.91. The fourth-order valence-electron chi connectivity index (χ4n) is 3.59. The zero-order valence-corrected chi connectivity index (χ0v) is 15.9. The van der Waals surface area contributed by atoms with Gasteiger partial charge in [-0.1, -0.05) is 12.1 Å². The lowest BCUT2D eigenvalue weighted by Crippen LogP contribution is -2.40. The van der Waals surface area contributed by atoms with E-state index in [9.17, 15) is 4.79 Å². The Labute approximate surface area is 164 Å². The summed E-state index contributed by atoms with van der Waals surface area (Å²) in [5, 5.41) is 1.05. The van der Waals surface area contributed by atoms with Crippen LogP contribution in [-0.2, 0) is 4.79 Å². The van der Waals surface area contributed by atoms with E-state index in [2.05, 4.69) is 17.1 Å². The van der Waals surface area contributed by atoms with Crippen LogP contribution in [0, 0.1) is 0 Å². The van der Waals surface area contributed by atoms with E-state index in [1.54, 1.807) is 19.4 Å². The fourth-order valence-corrected chi connectivity index (χ4v) is 3.59. The molecule has 0 radical (unpaired) electrons. The van der Waals surface area contributed by atoms with Crippen LogP contribution in [-0.4, -0.2) is 47.6 Å². The molecule has 4 rings (SSSR count). The number of amides is 1. The molecule has 1 saturated heterocycles. The van der Waals surface area contributed by atoms with Gasteiger partial charge >= 0.3 is 0 Å². The number of hydrogen-bond acceptors (Lipinski definition) is 5. The van der Waals surface area contributed by atoms with Crippen LogP contribution in [0.15, 0.2) is 54.7 Å². The van der Waals surface area contributed by atoms with Crippen LogP contribution in [0.25, 0.3) is 11.0 Å². The van der Waals surface area contributed by atoms with E-state index < -0.39 is 0 Å². The number of likely N-dealkylation sites (tertiary alicyclic amines) is 1. The smallest absolute Gasteiger partial charge is 0.260 e. The topological polar surface area (TPSA) is 64.6 Å². The molecule has 0 atom stereocenters. The third-order valence-corrected chi connectivity index (χ3v) is 5.17. The minimum absolute atomic E-state index is 0.00232. The quantitative estimate of drug-likeness (QED) is 0.682. The van der Waals surface area contributed by atoms with Crippen molar-refractivity contribution in [1.29, 1.82) is 0 Å². The molecule has 2 aromatic heterocycles. The molecule has 1 fully saturated rings. The second-order valence-corrected chi connectivity index (χ2v) is 6.88. The zero-order valence-electron chi connectivity index (χ0n) is 15.9. The van der Waals surface area contributed by atoms with Crippen molar-refractivity contribution in [3.05, 3.63) is 60.4 Å². The molecule has 1 amide bonds. The summed E-state index contributed by atoms with van der Waals surface area (Å²) < 4.78 is 10.9. The Balaban J connectivity index is 1.33. The first-order valence-corrected chi connectivity index (χ1v) is 9.50. The number of carbonyl (C=O) groups is 1. The van der Waals surface area contributed by atoms with E-state index in [0.717, 1.165) is 29.6 Å². The molecule has 0 unspecified atom stereocenters. The summed E-state index contributed by atoms with van der Waals surface area (Å²) in [7, 11) is 1.59. The zero-order chi connectivity index (χ0) is 19.3. The standard InChI is InChI=1S/C22H23N3O3/c1-27-19-6-2-3-7-20(19)28-15-21(26)25-13-10-16(11-14-25)18-9-8-17-5-4-12-23-22(17)24-18/h2-9,12,16H,10-11,13-15H2,1H3. The molecule has 0 spiro atoms. The average Bonchev–Trinajstić information content (AvgIpc) is 2.77. The molecule has 1 aromatic carbocycles. The Morgan fingerprint density at radius 3 is 2.64 bits per heavy atom. The van der Waals surface area contributed by atoms with E-state index in [1.165, 1.54) is 0 Å². The number of fused-ring (bicyclic) bond motifs is 1. The highest BCUT2D eigenvalue weighted by Gasteiger charge is 2.25. The van der Waals surface area contributed by atoms with Crippen LogP contribution >= 0.6 is 0 Å². The second-order valence-electron chi connectivity index (χ2n) is 6.88. The predicted molar refractivity (Wildman–Crippen MR) is 107 cm³/mol. The van der Waals surface area contributed by atoms with Crippen molar-refractivity contribution >= 4 is 16.9 Å². The van der Waals surface area contributed by atoms with Gasteiger partial charge in [0, 0.05) is 36.3 Å². The van der Waals surface area contributed by atoms with Crippen LogP contribution < -0.4 is 9.47 Å². The van der Waals surface area contributed by atoms with Crippen LogP contribution in [0.4, 0.5) is 0 Å². The molecule has 6 heteroatoms. The summed E-state index contributed by atoms with van der Waals surface area (Å²) in [4.78, 5) is 23.4. The molecular weight excluding hydrogens is 354 g/mol. The summed E-state index contributed by atoms with van der Waals surface area (Å²) in [6.07, 6.45) is 3.56. The predicted octanol–water partition coefficient (Wildman–Crippen LogP) is 3.42. The minimum atomic E-state index is -0.00232. The summed E-state index contributed by atoms with van der Waals surface area (Å²) >= 11 is 0. The molecule has 3 heterocycles. The number of nitrogens with zero attached hydrogens (tertiary/aromatic N) is 3. The van der Waals surface area contributed by atoms with Gasteiger partial charge in [0.1, 0.15) is 0 Å². The van der Waals surface area contributed by atoms with E-state index in [1.807, 2.05) is 35.2 Å². The Morgan fingerprint density at radius 2 is 1.86 bits per heavy atom. The summed E-state index contributed by atoms with van der Waals surface area (Å²) in [5.74, 6) is 1.56. The van der Waals surface area contributed by atoms with Crippen LogP contribution in [0.3, 0.4) is 0 Å². The Hall–Kier alpha value is -3.15. The van der Waals surface area contributed by atoms with Gasteiger partial charge in [-0.3, -0.25) is 4.79 Å². The number of carbonyl (C=O) groups excluding carboxylic acids is 1. The number of hydrogen-bond donors (Lipinski definition) is 0.